The van der Waals surface area contributed by atoms with E-state index < -0.39 is 12.4 Å². The van der Waals surface area contributed by atoms with Crippen molar-refractivity contribution >= 4 is 52.3 Å². The molecule has 0 amide bonds. The molecule has 162 valence electrons. The van der Waals surface area contributed by atoms with Crippen LogP contribution in [0.2, 0.25) is 5.02 Å². The van der Waals surface area contributed by atoms with E-state index >= 15 is 0 Å². The van der Waals surface area contributed by atoms with Gasteiger partial charge in [-0.2, -0.15) is 0 Å². The van der Waals surface area contributed by atoms with Crippen molar-refractivity contribution in [1.29, 1.82) is 0 Å². The minimum Gasteiger partial charge on any atom is -0.506 e. The van der Waals surface area contributed by atoms with Crippen molar-refractivity contribution in [3.63, 3.8) is 0 Å². The Morgan fingerprint density at radius 1 is 1.07 bits per heavy atom. The van der Waals surface area contributed by atoms with Crippen LogP contribution < -0.4 is 10.1 Å². The molecule has 0 unspecified atom stereocenters. The quantitative estimate of drug-likeness (QED) is 0.536. The second-order valence-electron chi connectivity index (χ2n) is 6.10. The Morgan fingerprint density at radius 3 is 2.21 bits per heavy atom. The zero-order valence-corrected chi connectivity index (χ0v) is 18.9. The fraction of sp³-hybridized carbons (Fsp3) is 0.333. The molecular formula is C18H19BrCl3F3N2O2. The van der Waals surface area contributed by atoms with Crippen molar-refractivity contribution in [2.75, 3.05) is 26.2 Å². The summed E-state index contributed by atoms with van der Waals surface area (Å²) in [6.45, 7) is 2.93. The highest BCUT2D eigenvalue weighted by atomic mass is 79.9. The van der Waals surface area contributed by atoms with Crippen LogP contribution in [0.4, 0.5) is 13.2 Å². The number of rotatable bonds is 4. The van der Waals surface area contributed by atoms with Gasteiger partial charge in [0.15, 0.2) is 0 Å². The Hall–Kier alpha value is -0.900. The summed E-state index contributed by atoms with van der Waals surface area (Å²) >= 11 is 9.69. The van der Waals surface area contributed by atoms with Crippen molar-refractivity contribution in [2.24, 2.45) is 0 Å². The molecule has 1 heterocycles. The fourth-order valence-corrected chi connectivity index (χ4v) is 3.77. The molecule has 4 nitrogen and oxygen atoms in total. The van der Waals surface area contributed by atoms with Crippen molar-refractivity contribution in [3.05, 3.63) is 57.0 Å². The number of nitrogens with one attached hydrogen (secondary N) is 1. The summed E-state index contributed by atoms with van der Waals surface area (Å²) in [7, 11) is 0. The number of nitrogens with zero attached hydrogens (tertiary/aromatic N) is 1. The number of halogens is 7. The molecule has 0 saturated carbocycles. The Balaban J connectivity index is 0.00000210. The van der Waals surface area contributed by atoms with Gasteiger partial charge in [0, 0.05) is 36.8 Å². The third-order valence-corrected chi connectivity index (χ3v) is 5.30. The first-order valence-corrected chi connectivity index (χ1v) is 9.40. The van der Waals surface area contributed by atoms with Gasteiger partial charge >= 0.3 is 6.36 Å². The summed E-state index contributed by atoms with van der Waals surface area (Å²) in [6.07, 6.45) is -4.74. The van der Waals surface area contributed by atoms with E-state index in [1.807, 2.05) is 0 Å². The highest BCUT2D eigenvalue weighted by molar-refractivity contribution is 9.10. The Kier molecular flexibility index (Phi) is 9.85. The van der Waals surface area contributed by atoms with Crippen LogP contribution >= 0.6 is 52.3 Å². The van der Waals surface area contributed by atoms with Crippen molar-refractivity contribution < 1.29 is 23.0 Å². The zero-order valence-electron chi connectivity index (χ0n) is 14.9. The molecule has 1 fully saturated rings. The monoisotopic (exact) mass is 536 g/mol. The predicted octanol–water partition coefficient (Wildman–Crippen LogP) is 5.54. The number of piperazine rings is 1. The molecular weight excluding hydrogens is 519 g/mol. The lowest BCUT2D eigenvalue weighted by Crippen LogP contribution is -2.45. The summed E-state index contributed by atoms with van der Waals surface area (Å²) in [5.41, 5.74) is 1.22. The summed E-state index contributed by atoms with van der Waals surface area (Å²) in [6, 6.07) is 8.57. The average Bonchev–Trinajstić information content (AvgIpc) is 2.62. The van der Waals surface area contributed by atoms with Crippen LogP contribution in [-0.4, -0.2) is 42.5 Å². The third kappa shape index (κ3) is 6.54. The molecule has 2 aromatic carbocycles. The topological polar surface area (TPSA) is 44.7 Å². The van der Waals surface area contributed by atoms with E-state index in [2.05, 4.69) is 30.9 Å². The fourth-order valence-electron chi connectivity index (χ4n) is 3.17. The van der Waals surface area contributed by atoms with Gasteiger partial charge in [-0.3, -0.25) is 4.90 Å². The van der Waals surface area contributed by atoms with Gasteiger partial charge in [0.25, 0.3) is 0 Å². The maximum atomic E-state index is 12.4. The largest absolute Gasteiger partial charge is 0.573 e. The van der Waals surface area contributed by atoms with Gasteiger partial charge in [-0.1, -0.05) is 23.7 Å². The maximum Gasteiger partial charge on any atom is 0.573 e. The van der Waals surface area contributed by atoms with E-state index in [-0.39, 0.29) is 36.3 Å². The van der Waals surface area contributed by atoms with E-state index in [1.54, 1.807) is 24.3 Å². The first kappa shape index (κ1) is 26.1. The van der Waals surface area contributed by atoms with E-state index in [4.69, 9.17) is 11.6 Å². The van der Waals surface area contributed by atoms with Crippen molar-refractivity contribution in [3.8, 4) is 11.5 Å². The lowest BCUT2D eigenvalue weighted by molar-refractivity contribution is -0.274. The number of alkyl halides is 3. The number of aromatic hydroxyl groups is 1. The highest BCUT2D eigenvalue weighted by Gasteiger charge is 2.32. The van der Waals surface area contributed by atoms with Gasteiger partial charge in [0.05, 0.1) is 10.5 Å². The Labute approximate surface area is 192 Å². The summed E-state index contributed by atoms with van der Waals surface area (Å²) in [5, 5.41) is 14.2. The lowest BCUT2D eigenvalue weighted by atomic mass is 9.95. The predicted molar refractivity (Wildman–Crippen MR) is 115 cm³/mol. The summed E-state index contributed by atoms with van der Waals surface area (Å²) in [5.74, 6) is -0.281. The number of hydrogen-bond acceptors (Lipinski definition) is 4. The number of hydrogen-bond donors (Lipinski definition) is 2. The first-order valence-electron chi connectivity index (χ1n) is 8.23. The van der Waals surface area contributed by atoms with Gasteiger partial charge in [-0.25, -0.2) is 0 Å². The van der Waals surface area contributed by atoms with Crippen LogP contribution in [-0.2, 0) is 0 Å². The van der Waals surface area contributed by atoms with Crippen LogP contribution in [0.5, 0.6) is 11.5 Å². The third-order valence-electron chi connectivity index (χ3n) is 4.33. The van der Waals surface area contributed by atoms with Crippen LogP contribution in [0.1, 0.15) is 17.2 Å². The molecule has 2 aromatic rings. The molecule has 29 heavy (non-hydrogen) atoms. The molecule has 0 radical (unpaired) electrons. The van der Waals surface area contributed by atoms with Gasteiger partial charge in [0.2, 0.25) is 0 Å². The molecule has 0 spiro atoms. The summed E-state index contributed by atoms with van der Waals surface area (Å²) in [4.78, 5) is 2.13. The van der Waals surface area contributed by atoms with E-state index in [0.717, 1.165) is 13.1 Å². The van der Waals surface area contributed by atoms with Crippen molar-refractivity contribution in [2.45, 2.75) is 12.4 Å². The van der Waals surface area contributed by atoms with E-state index in [0.29, 0.717) is 33.7 Å². The standard InChI is InChI=1S/C18H17BrClF3N2O2.2ClH/c19-13-5-6-14(20)15(17(13)26)16(25-9-7-24-8-10-25)11-1-3-12(4-2-11)27-18(21,22)23;;/h1-6,16,24,26H,7-10H2;2*1H/t16-;;/m0../s1. The smallest absolute Gasteiger partial charge is 0.506 e. The van der Waals surface area contributed by atoms with Gasteiger partial charge in [-0.15, -0.1) is 38.0 Å². The van der Waals surface area contributed by atoms with Crippen LogP contribution in [0.3, 0.4) is 0 Å². The normalized spacial score (nSPS) is 15.8. The second kappa shape index (κ2) is 10.9. The number of ether oxygens (including phenoxy) is 1. The SMILES string of the molecule is Cl.Cl.Oc1c(Br)ccc(Cl)c1[C@H](c1ccc(OC(F)(F)F)cc1)N1CCNCC1. The van der Waals surface area contributed by atoms with Crippen LogP contribution in [0.15, 0.2) is 40.9 Å². The van der Waals surface area contributed by atoms with Crippen molar-refractivity contribution in [1.82, 2.24) is 10.2 Å². The average molecular weight is 539 g/mol. The number of benzene rings is 2. The highest BCUT2D eigenvalue weighted by Crippen LogP contribution is 2.43. The van der Waals surface area contributed by atoms with Gasteiger partial charge < -0.3 is 15.2 Å². The minimum atomic E-state index is -4.74. The lowest BCUT2D eigenvalue weighted by Gasteiger charge is -2.36. The van der Waals surface area contributed by atoms with E-state index in [9.17, 15) is 18.3 Å². The Morgan fingerprint density at radius 2 is 1.66 bits per heavy atom. The molecule has 1 aliphatic heterocycles. The zero-order chi connectivity index (χ0) is 19.6. The molecule has 0 aliphatic carbocycles. The van der Waals surface area contributed by atoms with Gasteiger partial charge in [0.1, 0.15) is 11.5 Å². The first-order chi connectivity index (χ1) is 12.8. The molecule has 0 bridgehead atoms. The van der Waals surface area contributed by atoms with Crippen LogP contribution in [0, 0.1) is 0 Å². The number of phenolic OH excluding ortho intramolecular Hbond substituents is 1. The molecule has 2 N–H and O–H groups in total. The Bertz CT molecular complexity index is 804. The molecule has 0 aromatic heterocycles. The van der Waals surface area contributed by atoms with E-state index in [1.165, 1.54) is 12.1 Å². The summed E-state index contributed by atoms with van der Waals surface area (Å²) < 4.78 is 41.7. The minimum absolute atomic E-state index is 0. The molecule has 1 atom stereocenters. The number of phenols is 1. The van der Waals surface area contributed by atoms with Gasteiger partial charge in [-0.05, 0) is 45.8 Å². The maximum absolute atomic E-state index is 12.4. The molecule has 1 aliphatic rings. The van der Waals surface area contributed by atoms with Crippen LogP contribution in [0.25, 0.3) is 0 Å². The second-order valence-corrected chi connectivity index (χ2v) is 7.36. The molecule has 11 heteroatoms. The molecule has 1 saturated heterocycles. The molecule has 3 rings (SSSR count).